The van der Waals surface area contributed by atoms with E-state index in [1.54, 1.807) is 23.6 Å². The minimum atomic E-state index is -3.53. The first-order valence-corrected chi connectivity index (χ1v) is 8.25. The number of rotatable bonds is 5. The lowest BCUT2D eigenvalue weighted by Crippen LogP contribution is -2.15. The number of thiophene rings is 1. The van der Waals surface area contributed by atoms with Crippen molar-refractivity contribution >= 4 is 27.0 Å². The van der Waals surface area contributed by atoms with Crippen LogP contribution in [0.1, 0.15) is 11.1 Å². The largest absolute Gasteiger partial charge is 0.316 e. The van der Waals surface area contributed by atoms with E-state index >= 15 is 0 Å². The van der Waals surface area contributed by atoms with Gasteiger partial charge in [-0.3, -0.25) is 4.72 Å². The van der Waals surface area contributed by atoms with Gasteiger partial charge in [0.25, 0.3) is 10.0 Å². The van der Waals surface area contributed by atoms with Crippen LogP contribution in [0.5, 0.6) is 0 Å². The second-order valence-electron chi connectivity index (χ2n) is 4.19. The van der Waals surface area contributed by atoms with Crippen molar-refractivity contribution in [2.75, 3.05) is 11.8 Å². The number of nitrogens with one attached hydrogen (secondary N) is 2. The average Bonchev–Trinajstić information content (AvgIpc) is 2.84. The summed E-state index contributed by atoms with van der Waals surface area (Å²) in [5, 5.41) is 6.64. The zero-order valence-corrected chi connectivity index (χ0v) is 12.4. The molecule has 0 unspecified atom stereocenters. The summed E-state index contributed by atoms with van der Waals surface area (Å²) >= 11 is 1.45. The summed E-state index contributed by atoms with van der Waals surface area (Å²) in [6.07, 6.45) is 0. The molecular formula is C13H16N2O2S2. The first-order valence-electron chi connectivity index (χ1n) is 5.82. The molecule has 0 saturated heterocycles. The monoisotopic (exact) mass is 296 g/mol. The second-order valence-corrected chi connectivity index (χ2v) is 6.62. The van der Waals surface area contributed by atoms with Gasteiger partial charge < -0.3 is 5.32 Å². The van der Waals surface area contributed by atoms with Crippen LogP contribution in [0.4, 0.5) is 5.69 Å². The van der Waals surface area contributed by atoms with Crippen molar-refractivity contribution in [2.45, 2.75) is 18.4 Å². The summed E-state index contributed by atoms with van der Waals surface area (Å²) in [6.45, 7) is 2.47. The Morgan fingerprint density at radius 3 is 2.68 bits per heavy atom. The number of anilines is 1. The van der Waals surface area contributed by atoms with Crippen molar-refractivity contribution in [3.63, 3.8) is 0 Å². The summed E-state index contributed by atoms with van der Waals surface area (Å²) in [5.41, 5.74) is 2.36. The predicted molar refractivity (Wildman–Crippen MR) is 79.1 cm³/mol. The van der Waals surface area contributed by atoms with E-state index in [9.17, 15) is 8.42 Å². The van der Waals surface area contributed by atoms with Crippen LogP contribution in [0.2, 0.25) is 0 Å². The zero-order valence-electron chi connectivity index (χ0n) is 10.8. The van der Waals surface area contributed by atoms with Gasteiger partial charge in [0.1, 0.15) is 0 Å². The average molecular weight is 296 g/mol. The Labute approximate surface area is 117 Å². The maximum atomic E-state index is 12.3. The molecule has 0 radical (unpaired) electrons. The van der Waals surface area contributed by atoms with E-state index in [-0.39, 0.29) is 0 Å². The van der Waals surface area contributed by atoms with Gasteiger partial charge in [-0.15, -0.1) is 0 Å². The van der Waals surface area contributed by atoms with E-state index in [0.717, 1.165) is 11.1 Å². The lowest BCUT2D eigenvalue weighted by Gasteiger charge is -2.12. The highest BCUT2D eigenvalue weighted by atomic mass is 32.2. The second kappa shape index (κ2) is 5.73. The fraction of sp³-hybridized carbons (Fsp3) is 0.231. The van der Waals surface area contributed by atoms with E-state index in [4.69, 9.17) is 0 Å². The topological polar surface area (TPSA) is 58.2 Å². The summed E-state index contributed by atoms with van der Waals surface area (Å²) < 4.78 is 27.3. The van der Waals surface area contributed by atoms with Crippen LogP contribution in [0.15, 0.2) is 39.9 Å². The minimum absolute atomic E-state index is 0.325. The van der Waals surface area contributed by atoms with Gasteiger partial charge in [0.15, 0.2) is 0 Å². The van der Waals surface area contributed by atoms with E-state index < -0.39 is 10.0 Å². The molecule has 0 fully saturated rings. The SMILES string of the molecule is CNCc1cccc(S(=O)(=O)Nc2ccsc2)c1C. The normalized spacial score (nSPS) is 11.5. The van der Waals surface area contributed by atoms with Crippen molar-refractivity contribution in [1.29, 1.82) is 0 Å². The molecule has 4 nitrogen and oxygen atoms in total. The van der Waals surface area contributed by atoms with Crippen molar-refractivity contribution in [1.82, 2.24) is 5.32 Å². The molecule has 0 aliphatic rings. The minimum Gasteiger partial charge on any atom is -0.316 e. The van der Waals surface area contributed by atoms with Crippen molar-refractivity contribution < 1.29 is 8.42 Å². The van der Waals surface area contributed by atoms with E-state index in [1.807, 2.05) is 25.4 Å². The van der Waals surface area contributed by atoms with Crippen LogP contribution in [0.25, 0.3) is 0 Å². The molecular weight excluding hydrogens is 280 g/mol. The molecule has 2 aromatic rings. The van der Waals surface area contributed by atoms with Gasteiger partial charge in [0.2, 0.25) is 0 Å². The van der Waals surface area contributed by atoms with Crippen LogP contribution in [-0.4, -0.2) is 15.5 Å². The molecule has 102 valence electrons. The van der Waals surface area contributed by atoms with Gasteiger partial charge in [0, 0.05) is 11.9 Å². The Hall–Kier alpha value is -1.37. The highest BCUT2D eigenvalue weighted by molar-refractivity contribution is 7.92. The van der Waals surface area contributed by atoms with E-state index in [1.165, 1.54) is 11.3 Å². The van der Waals surface area contributed by atoms with Crippen LogP contribution >= 0.6 is 11.3 Å². The molecule has 19 heavy (non-hydrogen) atoms. The molecule has 1 heterocycles. The van der Waals surface area contributed by atoms with Gasteiger partial charge >= 0.3 is 0 Å². The van der Waals surface area contributed by atoms with Crippen LogP contribution in [0, 0.1) is 6.92 Å². The molecule has 0 amide bonds. The smallest absolute Gasteiger partial charge is 0.262 e. The van der Waals surface area contributed by atoms with E-state index in [2.05, 4.69) is 10.0 Å². The molecule has 1 aromatic heterocycles. The standard InChI is InChI=1S/C13H16N2O2S2/c1-10-11(8-14-2)4-3-5-13(10)19(16,17)15-12-6-7-18-9-12/h3-7,9,14-15H,8H2,1-2H3. The Kier molecular flexibility index (Phi) is 4.24. The third-order valence-corrected chi connectivity index (χ3v) is 5.04. The van der Waals surface area contributed by atoms with Gasteiger partial charge in [-0.25, -0.2) is 8.42 Å². The third kappa shape index (κ3) is 3.15. The van der Waals surface area contributed by atoms with Gasteiger partial charge in [-0.05, 0) is 42.6 Å². The Bertz CT molecular complexity index is 649. The molecule has 0 spiro atoms. The highest BCUT2D eigenvalue weighted by Crippen LogP contribution is 2.23. The van der Waals surface area contributed by atoms with Crippen LogP contribution < -0.4 is 10.0 Å². The maximum absolute atomic E-state index is 12.3. The number of benzene rings is 1. The Balaban J connectivity index is 2.38. The summed E-state index contributed by atoms with van der Waals surface area (Å²) in [5.74, 6) is 0. The summed E-state index contributed by atoms with van der Waals surface area (Å²) in [6, 6.07) is 7.06. The zero-order chi connectivity index (χ0) is 13.9. The Morgan fingerprint density at radius 2 is 2.05 bits per heavy atom. The molecule has 1 aromatic carbocycles. The van der Waals surface area contributed by atoms with Gasteiger partial charge in [0.05, 0.1) is 10.6 Å². The fourth-order valence-corrected chi connectivity index (χ4v) is 3.87. The lowest BCUT2D eigenvalue weighted by atomic mass is 10.1. The molecule has 0 atom stereocenters. The van der Waals surface area contributed by atoms with Gasteiger partial charge in [-0.1, -0.05) is 12.1 Å². The molecule has 2 N–H and O–H groups in total. The molecule has 0 aliphatic heterocycles. The fourth-order valence-electron chi connectivity index (χ4n) is 1.87. The maximum Gasteiger partial charge on any atom is 0.262 e. The molecule has 6 heteroatoms. The number of sulfonamides is 1. The van der Waals surface area contributed by atoms with E-state index in [0.29, 0.717) is 17.1 Å². The molecule has 0 bridgehead atoms. The first-order chi connectivity index (χ1) is 9.04. The van der Waals surface area contributed by atoms with Crippen molar-refractivity contribution in [3.8, 4) is 0 Å². The molecule has 2 rings (SSSR count). The highest BCUT2D eigenvalue weighted by Gasteiger charge is 2.18. The first kappa shape index (κ1) is 14.0. The predicted octanol–water partition coefficient (Wildman–Crippen LogP) is 2.58. The Morgan fingerprint density at radius 1 is 1.26 bits per heavy atom. The van der Waals surface area contributed by atoms with Crippen LogP contribution in [-0.2, 0) is 16.6 Å². The molecule has 0 saturated carbocycles. The number of hydrogen-bond acceptors (Lipinski definition) is 4. The lowest BCUT2D eigenvalue weighted by molar-refractivity contribution is 0.600. The third-order valence-electron chi connectivity index (χ3n) is 2.83. The van der Waals surface area contributed by atoms with Gasteiger partial charge in [-0.2, -0.15) is 11.3 Å². The van der Waals surface area contributed by atoms with Crippen molar-refractivity contribution in [2.24, 2.45) is 0 Å². The summed E-state index contributed by atoms with van der Waals surface area (Å²) in [7, 11) is -1.69. The summed E-state index contributed by atoms with van der Waals surface area (Å²) in [4.78, 5) is 0.325. The number of hydrogen-bond donors (Lipinski definition) is 2. The molecule has 0 aliphatic carbocycles. The van der Waals surface area contributed by atoms with Crippen molar-refractivity contribution in [3.05, 3.63) is 46.2 Å². The quantitative estimate of drug-likeness (QED) is 0.891. The van der Waals surface area contributed by atoms with Crippen LogP contribution in [0.3, 0.4) is 0 Å².